The van der Waals surface area contributed by atoms with Gasteiger partial charge in [0.1, 0.15) is 0 Å². The van der Waals surface area contributed by atoms with Crippen LogP contribution in [0.25, 0.3) is 0 Å². The molecule has 102 valence electrons. The average molecular weight is 258 g/mol. The van der Waals surface area contributed by atoms with Crippen molar-refractivity contribution in [3.8, 4) is 0 Å². The molecule has 0 radical (unpaired) electrons. The number of rotatable bonds is 3. The molecule has 19 heavy (non-hydrogen) atoms. The van der Waals surface area contributed by atoms with E-state index in [1.807, 2.05) is 0 Å². The Hall–Kier alpha value is -1.31. The number of fused-ring (bicyclic) bond motifs is 1. The monoisotopic (exact) mass is 258 g/mol. The van der Waals surface area contributed by atoms with Crippen LogP contribution < -0.4 is 0 Å². The molecule has 2 nitrogen and oxygen atoms in total. The Morgan fingerprint density at radius 1 is 1.32 bits per heavy atom. The smallest absolute Gasteiger partial charge is 0.303 e. The molecule has 3 aliphatic rings. The standard InChI is InChI=1S/C17H22O2/c18-17(19)10-9-16-14-7-3-1-5-12(14)11-13-6-2-4-8-15(13)16/h3,7,11,15-16H,1-2,4-6,8-10H2,(H,18,19). The summed E-state index contributed by atoms with van der Waals surface area (Å²) in [5.74, 6) is 0.423. The highest BCUT2D eigenvalue weighted by molar-refractivity contribution is 5.66. The van der Waals surface area contributed by atoms with Crippen molar-refractivity contribution in [1.82, 2.24) is 0 Å². The van der Waals surface area contributed by atoms with Crippen molar-refractivity contribution in [2.45, 2.75) is 51.4 Å². The van der Waals surface area contributed by atoms with Gasteiger partial charge in [0.15, 0.2) is 0 Å². The second kappa shape index (κ2) is 5.36. The van der Waals surface area contributed by atoms with Crippen LogP contribution in [0.5, 0.6) is 0 Å². The molecular weight excluding hydrogens is 236 g/mol. The van der Waals surface area contributed by atoms with Crippen molar-refractivity contribution >= 4 is 5.97 Å². The lowest BCUT2D eigenvalue weighted by atomic mass is 9.66. The maximum atomic E-state index is 10.9. The fourth-order valence-electron chi connectivity index (χ4n) is 4.00. The van der Waals surface area contributed by atoms with E-state index in [1.165, 1.54) is 36.8 Å². The Bertz CT molecular complexity index is 468. The molecule has 0 heterocycles. The van der Waals surface area contributed by atoms with Gasteiger partial charge in [-0.3, -0.25) is 4.79 Å². The van der Waals surface area contributed by atoms with Crippen LogP contribution in [0.4, 0.5) is 0 Å². The molecule has 0 aromatic carbocycles. The first-order chi connectivity index (χ1) is 9.25. The number of hydrogen-bond acceptors (Lipinski definition) is 1. The summed E-state index contributed by atoms with van der Waals surface area (Å²) in [4.78, 5) is 10.9. The molecule has 2 unspecified atom stereocenters. The van der Waals surface area contributed by atoms with Gasteiger partial charge in [0, 0.05) is 6.42 Å². The molecule has 2 heteroatoms. The molecule has 0 saturated heterocycles. The molecule has 0 aliphatic heterocycles. The van der Waals surface area contributed by atoms with Crippen LogP contribution in [0.2, 0.25) is 0 Å². The quantitative estimate of drug-likeness (QED) is 0.822. The Morgan fingerprint density at radius 2 is 2.21 bits per heavy atom. The molecular formula is C17H22O2. The third-order valence-corrected chi connectivity index (χ3v) is 4.87. The van der Waals surface area contributed by atoms with Gasteiger partial charge >= 0.3 is 5.97 Å². The number of hydrogen-bond donors (Lipinski definition) is 1. The van der Waals surface area contributed by atoms with Gasteiger partial charge in [-0.15, -0.1) is 0 Å². The lowest BCUT2D eigenvalue weighted by molar-refractivity contribution is -0.137. The first kappa shape index (κ1) is 12.7. The maximum absolute atomic E-state index is 10.9. The normalized spacial score (nSPS) is 29.6. The summed E-state index contributed by atoms with van der Waals surface area (Å²) in [6, 6.07) is 0. The summed E-state index contributed by atoms with van der Waals surface area (Å²) in [7, 11) is 0. The molecule has 3 rings (SSSR count). The van der Waals surface area contributed by atoms with Crippen molar-refractivity contribution in [1.29, 1.82) is 0 Å². The van der Waals surface area contributed by atoms with E-state index in [-0.39, 0.29) is 0 Å². The molecule has 0 aromatic heterocycles. The zero-order valence-electron chi connectivity index (χ0n) is 11.4. The molecule has 0 amide bonds. The third-order valence-electron chi connectivity index (χ3n) is 4.87. The molecule has 1 N–H and O–H groups in total. The highest BCUT2D eigenvalue weighted by atomic mass is 16.4. The van der Waals surface area contributed by atoms with Crippen LogP contribution in [0.3, 0.4) is 0 Å². The summed E-state index contributed by atoms with van der Waals surface area (Å²) in [6.45, 7) is 0. The number of carboxylic acid groups (broad SMARTS) is 1. The molecule has 2 atom stereocenters. The van der Waals surface area contributed by atoms with E-state index in [9.17, 15) is 4.79 Å². The van der Waals surface area contributed by atoms with Gasteiger partial charge in [-0.05, 0) is 61.5 Å². The Labute approximate surface area is 114 Å². The highest BCUT2D eigenvalue weighted by Gasteiger charge is 2.34. The Kier molecular flexibility index (Phi) is 3.58. The van der Waals surface area contributed by atoms with Gasteiger partial charge in [0.25, 0.3) is 0 Å². The number of aliphatic carboxylic acids is 1. The van der Waals surface area contributed by atoms with Crippen molar-refractivity contribution in [3.63, 3.8) is 0 Å². The van der Waals surface area contributed by atoms with Crippen LogP contribution in [0, 0.1) is 11.8 Å². The molecule has 1 fully saturated rings. The number of carbonyl (C=O) groups is 1. The highest BCUT2D eigenvalue weighted by Crippen LogP contribution is 2.46. The van der Waals surface area contributed by atoms with E-state index in [1.54, 1.807) is 5.57 Å². The van der Waals surface area contributed by atoms with Crippen LogP contribution in [0.1, 0.15) is 51.4 Å². The van der Waals surface area contributed by atoms with E-state index in [2.05, 4.69) is 18.2 Å². The minimum Gasteiger partial charge on any atom is -0.481 e. The van der Waals surface area contributed by atoms with Crippen LogP contribution in [0.15, 0.2) is 34.9 Å². The first-order valence-corrected chi connectivity index (χ1v) is 7.57. The topological polar surface area (TPSA) is 37.3 Å². The fraction of sp³-hybridized carbons (Fsp3) is 0.588. The molecule has 0 aromatic rings. The van der Waals surface area contributed by atoms with E-state index in [0.717, 1.165) is 19.3 Å². The van der Waals surface area contributed by atoms with Crippen molar-refractivity contribution in [2.75, 3.05) is 0 Å². The van der Waals surface area contributed by atoms with Gasteiger partial charge in [0.05, 0.1) is 0 Å². The minimum absolute atomic E-state index is 0.305. The second-order valence-electron chi connectivity index (χ2n) is 6.03. The second-order valence-corrected chi connectivity index (χ2v) is 6.03. The van der Waals surface area contributed by atoms with Crippen molar-refractivity contribution in [2.24, 2.45) is 11.8 Å². The van der Waals surface area contributed by atoms with Crippen molar-refractivity contribution < 1.29 is 9.90 Å². The van der Waals surface area contributed by atoms with Crippen LogP contribution >= 0.6 is 0 Å². The zero-order valence-corrected chi connectivity index (χ0v) is 11.4. The molecule has 1 saturated carbocycles. The number of carboxylic acids is 1. The van der Waals surface area contributed by atoms with E-state index in [0.29, 0.717) is 18.3 Å². The molecule has 0 bridgehead atoms. The van der Waals surface area contributed by atoms with Crippen molar-refractivity contribution in [3.05, 3.63) is 34.9 Å². The Balaban J connectivity index is 1.89. The first-order valence-electron chi connectivity index (χ1n) is 7.57. The average Bonchev–Trinajstić information content (AvgIpc) is 2.43. The maximum Gasteiger partial charge on any atom is 0.303 e. The summed E-state index contributed by atoms with van der Waals surface area (Å²) >= 11 is 0. The van der Waals surface area contributed by atoms with E-state index in [4.69, 9.17) is 5.11 Å². The lowest BCUT2D eigenvalue weighted by Gasteiger charge is -2.39. The van der Waals surface area contributed by atoms with Gasteiger partial charge in [0.2, 0.25) is 0 Å². The Morgan fingerprint density at radius 3 is 3.05 bits per heavy atom. The molecule has 0 spiro atoms. The molecule has 3 aliphatic carbocycles. The SMILES string of the molecule is O=C(O)CCC1C2=C(C=C3CCCCC31)CCC=C2. The van der Waals surface area contributed by atoms with Gasteiger partial charge in [-0.25, -0.2) is 0 Å². The largest absolute Gasteiger partial charge is 0.481 e. The van der Waals surface area contributed by atoms with Crippen LogP contribution in [-0.2, 0) is 4.79 Å². The van der Waals surface area contributed by atoms with E-state index < -0.39 is 5.97 Å². The number of allylic oxidation sites excluding steroid dienone is 6. The minimum atomic E-state index is -0.658. The predicted molar refractivity (Wildman–Crippen MR) is 75.8 cm³/mol. The fourth-order valence-corrected chi connectivity index (χ4v) is 4.00. The summed E-state index contributed by atoms with van der Waals surface area (Å²) in [5, 5.41) is 8.99. The van der Waals surface area contributed by atoms with Gasteiger partial charge in [-0.1, -0.05) is 30.2 Å². The van der Waals surface area contributed by atoms with Crippen LogP contribution in [-0.4, -0.2) is 11.1 Å². The zero-order chi connectivity index (χ0) is 13.2. The summed E-state index contributed by atoms with van der Waals surface area (Å²) in [6.07, 6.45) is 15.5. The summed E-state index contributed by atoms with van der Waals surface area (Å²) < 4.78 is 0. The van der Waals surface area contributed by atoms with E-state index >= 15 is 0 Å². The van der Waals surface area contributed by atoms with Gasteiger partial charge < -0.3 is 5.11 Å². The third kappa shape index (κ3) is 2.54. The lowest BCUT2D eigenvalue weighted by Crippen LogP contribution is -2.27. The predicted octanol–water partition coefficient (Wildman–Crippen LogP) is 4.24. The van der Waals surface area contributed by atoms with Gasteiger partial charge in [-0.2, -0.15) is 0 Å². The summed E-state index contributed by atoms with van der Waals surface area (Å²) in [5.41, 5.74) is 4.55.